The molecule has 2 N–H and O–H groups in total. The van der Waals surface area contributed by atoms with E-state index in [1.807, 2.05) is 0 Å². The van der Waals surface area contributed by atoms with E-state index < -0.39 is 16.4 Å². The summed E-state index contributed by atoms with van der Waals surface area (Å²) in [6, 6.07) is 16.2. The van der Waals surface area contributed by atoms with Gasteiger partial charge in [0.25, 0.3) is 6.43 Å². The van der Waals surface area contributed by atoms with Crippen LogP contribution in [0, 0.1) is 0 Å². The lowest BCUT2D eigenvalue weighted by Crippen LogP contribution is -2.11. The fourth-order valence-corrected chi connectivity index (χ4v) is 2.76. The maximum atomic E-state index is 12.4. The Kier molecular flexibility index (Phi) is 6.47. The molecule has 138 valence electrons. The van der Waals surface area contributed by atoms with Gasteiger partial charge in [0.2, 0.25) is 10.0 Å². The van der Waals surface area contributed by atoms with Gasteiger partial charge < -0.3 is 0 Å². The van der Waals surface area contributed by atoms with Crippen molar-refractivity contribution >= 4 is 21.6 Å². The summed E-state index contributed by atoms with van der Waals surface area (Å²) in [7, 11) is -1.87. The molecule has 9 heteroatoms. The molecular formula is C17H16ClF2N3O2S. The summed E-state index contributed by atoms with van der Waals surface area (Å²) >= 11 is 5.75. The van der Waals surface area contributed by atoms with Crippen LogP contribution in [0.4, 0.5) is 8.78 Å². The molecule has 0 fully saturated rings. The number of alkyl halides is 2. The number of primary sulfonamides is 1. The van der Waals surface area contributed by atoms with Crippen LogP contribution in [-0.2, 0) is 17.1 Å². The highest BCUT2D eigenvalue weighted by Crippen LogP contribution is 2.25. The number of aromatic nitrogens is 2. The van der Waals surface area contributed by atoms with E-state index in [-0.39, 0.29) is 10.6 Å². The van der Waals surface area contributed by atoms with Gasteiger partial charge in [-0.3, -0.25) is 4.68 Å². The van der Waals surface area contributed by atoms with Crippen molar-refractivity contribution in [3.63, 3.8) is 0 Å². The minimum Gasteiger partial charge on any atom is -0.267 e. The van der Waals surface area contributed by atoms with Crippen LogP contribution in [0.1, 0.15) is 12.1 Å². The zero-order valence-corrected chi connectivity index (χ0v) is 15.3. The lowest BCUT2D eigenvalue weighted by atomic mass is 10.1. The summed E-state index contributed by atoms with van der Waals surface area (Å²) in [5.41, 5.74) is 1.24. The zero-order valence-electron chi connectivity index (χ0n) is 13.7. The van der Waals surface area contributed by atoms with Crippen LogP contribution >= 0.6 is 11.6 Å². The number of halogens is 3. The molecule has 0 radical (unpaired) electrons. The second-order valence-corrected chi connectivity index (χ2v) is 7.24. The molecule has 5 nitrogen and oxygen atoms in total. The predicted octanol–water partition coefficient (Wildman–Crippen LogP) is 4.01. The molecule has 2 aromatic carbocycles. The molecule has 0 amide bonds. The second-order valence-electron chi connectivity index (χ2n) is 5.24. The fraction of sp³-hybridized carbons (Fsp3) is 0.118. The van der Waals surface area contributed by atoms with Crippen molar-refractivity contribution in [2.75, 3.05) is 0 Å². The molecule has 3 rings (SSSR count). The van der Waals surface area contributed by atoms with Crippen molar-refractivity contribution in [3.8, 4) is 11.3 Å². The van der Waals surface area contributed by atoms with E-state index in [9.17, 15) is 17.2 Å². The van der Waals surface area contributed by atoms with Crippen molar-refractivity contribution in [1.29, 1.82) is 0 Å². The number of aryl methyl sites for hydroxylation is 1. The quantitative estimate of drug-likeness (QED) is 0.722. The summed E-state index contributed by atoms with van der Waals surface area (Å²) < 4.78 is 47.5. The Balaban J connectivity index is 0.000000209. The summed E-state index contributed by atoms with van der Waals surface area (Å²) in [6.45, 7) is 0. The van der Waals surface area contributed by atoms with E-state index in [2.05, 4.69) is 5.10 Å². The molecule has 0 aliphatic carbocycles. The van der Waals surface area contributed by atoms with Crippen molar-refractivity contribution < 1.29 is 17.2 Å². The van der Waals surface area contributed by atoms with Crippen LogP contribution in [0.15, 0.2) is 65.6 Å². The average molecular weight is 400 g/mol. The van der Waals surface area contributed by atoms with Crippen molar-refractivity contribution in [1.82, 2.24) is 9.78 Å². The number of benzene rings is 2. The Labute approximate surface area is 155 Å². The van der Waals surface area contributed by atoms with Gasteiger partial charge in [0.05, 0.1) is 10.6 Å². The molecule has 0 unspecified atom stereocenters. The molecule has 0 aliphatic heterocycles. The molecule has 1 aromatic heterocycles. The van der Waals surface area contributed by atoms with Crippen LogP contribution in [0.25, 0.3) is 11.3 Å². The fourth-order valence-electron chi connectivity index (χ4n) is 2.10. The summed E-state index contributed by atoms with van der Waals surface area (Å²) in [5.74, 6) is 0. The molecule has 1 heterocycles. The number of hydrogen-bond donors (Lipinski definition) is 1. The predicted molar refractivity (Wildman–Crippen MR) is 96.4 cm³/mol. The van der Waals surface area contributed by atoms with Gasteiger partial charge in [-0.2, -0.15) is 5.10 Å². The van der Waals surface area contributed by atoms with Crippen LogP contribution < -0.4 is 5.14 Å². The topological polar surface area (TPSA) is 78.0 Å². The first-order valence-corrected chi connectivity index (χ1v) is 9.27. The van der Waals surface area contributed by atoms with E-state index >= 15 is 0 Å². The number of sulfonamides is 1. The van der Waals surface area contributed by atoms with Crippen molar-refractivity contribution in [2.24, 2.45) is 12.2 Å². The van der Waals surface area contributed by atoms with Crippen LogP contribution in [0.3, 0.4) is 0 Å². The molecule has 0 atom stereocenters. The molecular weight excluding hydrogens is 384 g/mol. The Bertz CT molecular complexity index is 959. The smallest absolute Gasteiger partial charge is 0.267 e. The molecule has 26 heavy (non-hydrogen) atoms. The van der Waals surface area contributed by atoms with Gasteiger partial charge >= 0.3 is 0 Å². The molecule has 0 spiro atoms. The summed E-state index contributed by atoms with van der Waals surface area (Å²) in [4.78, 5) is 0.148. The van der Waals surface area contributed by atoms with E-state index in [1.165, 1.54) is 22.9 Å². The van der Waals surface area contributed by atoms with E-state index in [4.69, 9.17) is 16.7 Å². The van der Waals surface area contributed by atoms with E-state index in [0.717, 1.165) is 5.56 Å². The normalized spacial score (nSPS) is 11.2. The molecule has 0 bridgehead atoms. The Morgan fingerprint density at radius 3 is 2.08 bits per heavy atom. The lowest BCUT2D eigenvalue weighted by molar-refractivity contribution is 0.145. The largest absolute Gasteiger partial charge is 0.282 e. The lowest BCUT2D eigenvalue weighted by Gasteiger charge is -2.00. The van der Waals surface area contributed by atoms with E-state index in [0.29, 0.717) is 10.7 Å². The SMILES string of the molecule is Cn1nc(C(F)F)cc1-c1ccc(Cl)cc1.NS(=O)(=O)c1ccccc1. The third-order valence-corrected chi connectivity index (χ3v) is 4.52. The Morgan fingerprint density at radius 1 is 1.08 bits per heavy atom. The van der Waals surface area contributed by atoms with Gasteiger partial charge in [0, 0.05) is 12.1 Å². The highest BCUT2D eigenvalue weighted by molar-refractivity contribution is 7.89. The van der Waals surface area contributed by atoms with Crippen LogP contribution in [0.2, 0.25) is 5.02 Å². The zero-order chi connectivity index (χ0) is 19.3. The van der Waals surface area contributed by atoms with Gasteiger partial charge in [-0.25, -0.2) is 22.3 Å². The second kappa shape index (κ2) is 8.39. The summed E-state index contributed by atoms with van der Waals surface area (Å²) in [6.07, 6.45) is -2.55. The molecule has 0 saturated carbocycles. The summed E-state index contributed by atoms with van der Waals surface area (Å²) in [5, 5.41) is 9.18. The van der Waals surface area contributed by atoms with Crippen LogP contribution in [0.5, 0.6) is 0 Å². The highest BCUT2D eigenvalue weighted by Gasteiger charge is 2.14. The van der Waals surface area contributed by atoms with Gasteiger partial charge in [0.1, 0.15) is 5.69 Å². The number of rotatable bonds is 3. The minimum absolute atomic E-state index is 0.148. The van der Waals surface area contributed by atoms with Gasteiger partial charge in [0.15, 0.2) is 0 Å². The van der Waals surface area contributed by atoms with Gasteiger partial charge in [-0.15, -0.1) is 0 Å². The first-order chi connectivity index (χ1) is 12.2. The molecule has 0 aliphatic rings. The third kappa shape index (κ3) is 5.35. The first kappa shape index (κ1) is 20.0. The number of nitrogens with zero attached hydrogens (tertiary/aromatic N) is 2. The maximum absolute atomic E-state index is 12.4. The van der Waals surface area contributed by atoms with Gasteiger partial charge in [-0.05, 0) is 35.9 Å². The first-order valence-electron chi connectivity index (χ1n) is 7.34. The standard InChI is InChI=1S/C11H9ClF2N2.C6H7NO2S/c1-16-10(6-9(15-16)11(13)14)7-2-4-8(12)5-3-7;7-10(8,9)6-4-2-1-3-5-6/h2-6,11H,1H3;1-5H,(H2,7,8,9). The van der Waals surface area contributed by atoms with Crippen molar-refractivity contribution in [2.45, 2.75) is 11.3 Å². The maximum Gasteiger partial charge on any atom is 0.282 e. The monoisotopic (exact) mass is 399 g/mol. The van der Waals surface area contributed by atoms with E-state index in [1.54, 1.807) is 49.5 Å². The molecule has 3 aromatic rings. The van der Waals surface area contributed by atoms with Gasteiger partial charge in [-0.1, -0.05) is 41.9 Å². The third-order valence-electron chi connectivity index (χ3n) is 3.33. The highest BCUT2D eigenvalue weighted by atomic mass is 35.5. The van der Waals surface area contributed by atoms with Crippen LogP contribution in [-0.4, -0.2) is 18.2 Å². The number of nitrogens with two attached hydrogens (primary N) is 1. The Hall–Kier alpha value is -2.29. The molecule has 0 saturated heterocycles. The van der Waals surface area contributed by atoms with Crippen molar-refractivity contribution in [3.05, 3.63) is 71.4 Å². The Morgan fingerprint density at radius 2 is 1.65 bits per heavy atom. The number of hydrogen-bond acceptors (Lipinski definition) is 3. The average Bonchev–Trinajstić information content (AvgIpc) is 2.98. The minimum atomic E-state index is -3.50.